The van der Waals surface area contributed by atoms with Crippen molar-refractivity contribution < 1.29 is 27.5 Å². The molecule has 0 aliphatic carbocycles. The first-order valence-corrected chi connectivity index (χ1v) is 11.9. The maximum Gasteiger partial charge on any atom is 0.340 e. The third-order valence-electron chi connectivity index (χ3n) is 5.27. The van der Waals surface area contributed by atoms with Crippen molar-refractivity contribution in [1.82, 2.24) is 9.62 Å². The van der Waals surface area contributed by atoms with Gasteiger partial charge in [-0.25, -0.2) is 13.2 Å². The van der Waals surface area contributed by atoms with Gasteiger partial charge in [-0.3, -0.25) is 4.79 Å². The molecule has 2 aliphatic heterocycles. The van der Waals surface area contributed by atoms with Crippen molar-refractivity contribution in [3.8, 4) is 0 Å². The fourth-order valence-electron chi connectivity index (χ4n) is 3.62. The summed E-state index contributed by atoms with van der Waals surface area (Å²) in [6.45, 7) is 6.40. The second-order valence-electron chi connectivity index (χ2n) is 7.41. The van der Waals surface area contributed by atoms with Crippen LogP contribution in [-0.4, -0.2) is 77.1 Å². The maximum absolute atomic E-state index is 13.1. The van der Waals surface area contributed by atoms with Crippen molar-refractivity contribution in [3.05, 3.63) is 36.4 Å². The number of sulfonamides is 1. The highest BCUT2D eigenvalue weighted by Crippen LogP contribution is 2.28. The third kappa shape index (κ3) is 5.84. The van der Waals surface area contributed by atoms with E-state index in [1.165, 1.54) is 22.5 Å². The van der Waals surface area contributed by atoms with Gasteiger partial charge in [-0.1, -0.05) is 12.5 Å². The highest BCUT2D eigenvalue weighted by atomic mass is 32.2. The molecule has 1 aromatic carbocycles. The average molecular weight is 452 g/mol. The van der Waals surface area contributed by atoms with E-state index in [1.807, 2.05) is 4.90 Å². The molecule has 9 nitrogen and oxygen atoms in total. The smallest absolute Gasteiger partial charge is 0.340 e. The molecule has 10 heteroatoms. The summed E-state index contributed by atoms with van der Waals surface area (Å²) >= 11 is 0. The van der Waals surface area contributed by atoms with Gasteiger partial charge in [-0.15, -0.1) is 6.58 Å². The molecule has 0 aromatic heterocycles. The van der Waals surface area contributed by atoms with Crippen LogP contribution in [0.4, 0.5) is 5.69 Å². The van der Waals surface area contributed by atoms with Crippen LogP contribution in [0.1, 0.15) is 29.6 Å². The van der Waals surface area contributed by atoms with Crippen molar-refractivity contribution in [1.29, 1.82) is 0 Å². The summed E-state index contributed by atoms with van der Waals surface area (Å²) in [7, 11) is -3.72. The highest BCUT2D eigenvalue weighted by Gasteiger charge is 2.29. The summed E-state index contributed by atoms with van der Waals surface area (Å²) in [5.41, 5.74) is 0.689. The normalized spacial score (nSPS) is 17.7. The number of nitrogens with zero attached hydrogens (tertiary/aromatic N) is 2. The van der Waals surface area contributed by atoms with E-state index in [0.29, 0.717) is 45.1 Å². The molecule has 1 N–H and O–H groups in total. The lowest BCUT2D eigenvalue weighted by Crippen LogP contribution is -2.38. The molecule has 1 aromatic rings. The number of morpholine rings is 1. The van der Waals surface area contributed by atoms with Gasteiger partial charge < -0.3 is 19.7 Å². The minimum atomic E-state index is -3.72. The second kappa shape index (κ2) is 10.7. The number of piperidine rings is 1. The SMILES string of the molecule is C=CCNC(=O)COC(=O)c1cc(S(=O)(=O)N2CCCCC2)ccc1N1CCOCC1. The number of ether oxygens (including phenoxy) is 2. The fraction of sp³-hybridized carbons (Fsp3) is 0.524. The molecule has 2 saturated heterocycles. The predicted octanol–water partition coefficient (Wildman–Crippen LogP) is 1.16. The van der Waals surface area contributed by atoms with Crippen LogP contribution in [0.3, 0.4) is 0 Å². The largest absolute Gasteiger partial charge is 0.452 e. The van der Waals surface area contributed by atoms with Gasteiger partial charge in [-0.2, -0.15) is 4.31 Å². The standard InChI is InChI=1S/C21H29N3O6S/c1-2-8-22-20(25)16-30-21(26)18-15-17(31(27,28)24-9-4-3-5-10-24)6-7-19(18)23-11-13-29-14-12-23/h2,6-7,15H,1,3-5,8-14,16H2,(H,22,25). The number of hydrogen-bond donors (Lipinski definition) is 1. The lowest BCUT2D eigenvalue weighted by atomic mass is 10.1. The maximum atomic E-state index is 13.1. The molecule has 2 fully saturated rings. The molecule has 2 aliphatic rings. The van der Waals surface area contributed by atoms with Crippen molar-refractivity contribution in [3.63, 3.8) is 0 Å². The zero-order valence-electron chi connectivity index (χ0n) is 17.5. The summed E-state index contributed by atoms with van der Waals surface area (Å²) in [5, 5.41) is 2.53. The molecule has 170 valence electrons. The van der Waals surface area contributed by atoms with E-state index in [9.17, 15) is 18.0 Å². The van der Waals surface area contributed by atoms with Crippen molar-refractivity contribution in [2.75, 3.05) is 57.4 Å². The Morgan fingerprint density at radius 3 is 2.52 bits per heavy atom. The first kappa shape index (κ1) is 23.2. The molecule has 0 spiro atoms. The molecule has 2 heterocycles. The zero-order valence-corrected chi connectivity index (χ0v) is 18.4. The number of anilines is 1. The molecular weight excluding hydrogens is 422 g/mol. The van der Waals surface area contributed by atoms with E-state index in [-0.39, 0.29) is 17.0 Å². The van der Waals surface area contributed by atoms with Crippen LogP contribution in [-0.2, 0) is 24.3 Å². The third-order valence-corrected chi connectivity index (χ3v) is 7.17. The van der Waals surface area contributed by atoms with E-state index in [4.69, 9.17) is 9.47 Å². The predicted molar refractivity (Wildman–Crippen MR) is 116 cm³/mol. The van der Waals surface area contributed by atoms with Gasteiger partial charge in [0.05, 0.1) is 29.4 Å². The lowest BCUT2D eigenvalue weighted by molar-refractivity contribution is -0.124. The van der Waals surface area contributed by atoms with Gasteiger partial charge in [-0.05, 0) is 31.0 Å². The van der Waals surface area contributed by atoms with Crippen molar-refractivity contribution >= 4 is 27.6 Å². The Kier molecular flexibility index (Phi) is 8.05. The first-order chi connectivity index (χ1) is 14.9. The monoisotopic (exact) mass is 451 g/mol. The number of hydrogen-bond acceptors (Lipinski definition) is 7. The van der Waals surface area contributed by atoms with Gasteiger partial charge in [0.15, 0.2) is 6.61 Å². The van der Waals surface area contributed by atoms with Gasteiger partial charge in [0.25, 0.3) is 5.91 Å². The second-order valence-corrected chi connectivity index (χ2v) is 9.35. The van der Waals surface area contributed by atoms with E-state index in [1.54, 1.807) is 6.07 Å². The Labute approximate surface area is 183 Å². The van der Waals surface area contributed by atoms with Gasteiger partial charge in [0.2, 0.25) is 10.0 Å². The van der Waals surface area contributed by atoms with Crippen LogP contribution in [0, 0.1) is 0 Å². The highest BCUT2D eigenvalue weighted by molar-refractivity contribution is 7.89. The Morgan fingerprint density at radius 1 is 1.13 bits per heavy atom. The first-order valence-electron chi connectivity index (χ1n) is 10.4. The number of esters is 1. The molecule has 0 unspecified atom stereocenters. The molecule has 1 amide bonds. The molecule has 3 rings (SSSR count). The Hall–Kier alpha value is -2.43. The van der Waals surface area contributed by atoms with Crippen LogP contribution >= 0.6 is 0 Å². The average Bonchev–Trinajstić information content (AvgIpc) is 2.81. The van der Waals surface area contributed by atoms with Crippen molar-refractivity contribution in [2.24, 2.45) is 0 Å². The van der Waals surface area contributed by atoms with E-state index < -0.39 is 28.5 Å². The summed E-state index contributed by atoms with van der Waals surface area (Å²) < 4.78 is 38.2. The van der Waals surface area contributed by atoms with E-state index in [2.05, 4.69) is 11.9 Å². The fourth-order valence-corrected chi connectivity index (χ4v) is 5.16. The van der Waals surface area contributed by atoms with Crippen LogP contribution in [0.15, 0.2) is 35.7 Å². The summed E-state index contributed by atoms with van der Waals surface area (Å²) in [6, 6.07) is 4.53. The topological polar surface area (TPSA) is 105 Å². The van der Waals surface area contributed by atoms with Crippen LogP contribution in [0.5, 0.6) is 0 Å². The minimum Gasteiger partial charge on any atom is -0.452 e. The van der Waals surface area contributed by atoms with Gasteiger partial charge in [0.1, 0.15) is 0 Å². The van der Waals surface area contributed by atoms with E-state index >= 15 is 0 Å². The number of benzene rings is 1. The van der Waals surface area contributed by atoms with Crippen LogP contribution < -0.4 is 10.2 Å². The quantitative estimate of drug-likeness (QED) is 0.467. The number of rotatable bonds is 8. The lowest BCUT2D eigenvalue weighted by Gasteiger charge is -2.31. The van der Waals surface area contributed by atoms with E-state index in [0.717, 1.165) is 19.3 Å². The molecule has 0 saturated carbocycles. The Balaban J connectivity index is 1.87. The Bertz CT molecular complexity index is 906. The number of nitrogens with one attached hydrogen (secondary N) is 1. The summed E-state index contributed by atoms with van der Waals surface area (Å²) in [5.74, 6) is -1.20. The summed E-state index contributed by atoms with van der Waals surface area (Å²) in [6.07, 6.45) is 4.16. The number of amides is 1. The Morgan fingerprint density at radius 2 is 1.84 bits per heavy atom. The summed E-state index contributed by atoms with van der Waals surface area (Å²) in [4.78, 5) is 26.6. The minimum absolute atomic E-state index is 0.0504. The number of carbonyl (C=O) groups is 2. The van der Waals surface area contributed by atoms with Crippen LogP contribution in [0.25, 0.3) is 0 Å². The number of carbonyl (C=O) groups excluding carboxylic acids is 2. The molecule has 0 radical (unpaired) electrons. The van der Waals surface area contributed by atoms with Crippen molar-refractivity contribution in [2.45, 2.75) is 24.2 Å². The molecule has 31 heavy (non-hydrogen) atoms. The van der Waals surface area contributed by atoms with Gasteiger partial charge >= 0.3 is 5.97 Å². The molecule has 0 bridgehead atoms. The zero-order chi connectivity index (χ0) is 22.3. The van der Waals surface area contributed by atoms with Gasteiger partial charge in [0, 0.05) is 32.7 Å². The van der Waals surface area contributed by atoms with Crippen LogP contribution in [0.2, 0.25) is 0 Å². The molecule has 0 atom stereocenters. The molecular formula is C21H29N3O6S.